The lowest BCUT2D eigenvalue weighted by molar-refractivity contribution is 0.117. The Bertz CT molecular complexity index is 836. The van der Waals surface area contributed by atoms with Crippen LogP contribution in [0.15, 0.2) is 72.5 Å². The average Bonchev–Trinajstić information content (AvgIpc) is 3.15. The minimum absolute atomic E-state index is 0.0975. The normalized spacial score (nSPS) is 17.0. The molecular weight excluding hydrogens is 334 g/mol. The number of phenols is 1. The van der Waals surface area contributed by atoms with Crippen LogP contribution in [0.5, 0.6) is 5.75 Å². The average molecular weight is 361 g/mol. The van der Waals surface area contributed by atoms with Crippen LogP contribution >= 0.6 is 0 Å². The van der Waals surface area contributed by atoms with Crippen LogP contribution in [0.4, 0.5) is 0 Å². The number of rotatable bonds is 8. The molecule has 1 N–H and O–H groups in total. The van der Waals surface area contributed by atoms with Gasteiger partial charge in [-0.15, -0.1) is 0 Å². The van der Waals surface area contributed by atoms with E-state index in [2.05, 4.69) is 30.6 Å². The Kier molecular flexibility index (Phi) is 6.61. The van der Waals surface area contributed by atoms with Gasteiger partial charge >= 0.3 is 0 Å². The summed E-state index contributed by atoms with van der Waals surface area (Å²) in [6, 6.07) is 13.2. The first-order valence-electron chi connectivity index (χ1n) is 9.58. The van der Waals surface area contributed by atoms with E-state index >= 15 is 0 Å². The molecule has 2 heterocycles. The molecule has 27 heavy (non-hydrogen) atoms. The fourth-order valence-electron chi connectivity index (χ4n) is 3.46. The second kappa shape index (κ2) is 9.33. The van der Waals surface area contributed by atoms with Crippen LogP contribution in [0.1, 0.15) is 43.9 Å². The number of hydrogen-bond donors (Lipinski definition) is 1. The van der Waals surface area contributed by atoms with E-state index in [-0.39, 0.29) is 11.9 Å². The third-order valence-corrected chi connectivity index (χ3v) is 4.79. The predicted molar refractivity (Wildman–Crippen MR) is 111 cm³/mol. The molecule has 0 amide bonds. The van der Waals surface area contributed by atoms with Crippen LogP contribution in [-0.4, -0.2) is 22.8 Å². The maximum absolute atomic E-state index is 9.76. The molecule has 1 aromatic carbocycles. The molecule has 1 aliphatic heterocycles. The van der Waals surface area contributed by atoms with Gasteiger partial charge in [0.15, 0.2) is 0 Å². The highest BCUT2D eigenvalue weighted by Crippen LogP contribution is 2.31. The zero-order valence-electron chi connectivity index (χ0n) is 15.9. The van der Waals surface area contributed by atoms with Crippen LogP contribution in [0.25, 0.3) is 11.6 Å². The number of nitrogens with zero attached hydrogens (tertiary/aromatic N) is 1. The SMILES string of the molecule is C=C(CCC)C1=CCOC1CC/C(=C/c1cccc(O)c1)c1ccccn1. The molecule has 0 saturated carbocycles. The summed E-state index contributed by atoms with van der Waals surface area (Å²) in [6.45, 7) is 7.08. The molecule has 140 valence electrons. The van der Waals surface area contributed by atoms with Crippen LogP contribution in [0.2, 0.25) is 0 Å². The summed E-state index contributed by atoms with van der Waals surface area (Å²) in [7, 11) is 0. The van der Waals surface area contributed by atoms with Crippen molar-refractivity contribution in [2.24, 2.45) is 0 Å². The molecule has 0 saturated heterocycles. The van der Waals surface area contributed by atoms with E-state index in [0.717, 1.165) is 42.5 Å². The molecule has 3 rings (SSSR count). The fourth-order valence-corrected chi connectivity index (χ4v) is 3.46. The summed E-state index contributed by atoms with van der Waals surface area (Å²) in [5, 5.41) is 9.76. The Balaban J connectivity index is 1.79. The maximum atomic E-state index is 9.76. The molecule has 0 radical (unpaired) electrons. The predicted octanol–water partition coefficient (Wildman–Crippen LogP) is 5.79. The molecule has 1 aliphatic rings. The van der Waals surface area contributed by atoms with Gasteiger partial charge in [-0.2, -0.15) is 0 Å². The van der Waals surface area contributed by atoms with Gasteiger partial charge < -0.3 is 9.84 Å². The molecule has 3 nitrogen and oxygen atoms in total. The van der Waals surface area contributed by atoms with E-state index in [4.69, 9.17) is 4.74 Å². The molecule has 2 aromatic rings. The topological polar surface area (TPSA) is 42.4 Å². The summed E-state index contributed by atoms with van der Waals surface area (Å²) in [5.74, 6) is 0.268. The van der Waals surface area contributed by atoms with E-state index in [1.165, 1.54) is 11.1 Å². The quantitative estimate of drug-likeness (QED) is 0.647. The third kappa shape index (κ3) is 5.18. The summed E-state index contributed by atoms with van der Waals surface area (Å²) < 4.78 is 5.95. The molecule has 0 bridgehead atoms. The summed E-state index contributed by atoms with van der Waals surface area (Å²) in [4.78, 5) is 4.52. The fraction of sp³-hybridized carbons (Fsp3) is 0.292. The van der Waals surface area contributed by atoms with Gasteiger partial charge in [-0.1, -0.05) is 44.2 Å². The molecule has 0 aliphatic carbocycles. The lowest BCUT2D eigenvalue weighted by Gasteiger charge is -2.17. The molecule has 0 fully saturated rings. The van der Waals surface area contributed by atoms with E-state index in [9.17, 15) is 5.11 Å². The van der Waals surface area contributed by atoms with Gasteiger partial charge in [-0.3, -0.25) is 4.98 Å². The van der Waals surface area contributed by atoms with Crippen molar-refractivity contribution in [2.75, 3.05) is 6.61 Å². The van der Waals surface area contributed by atoms with Crippen LogP contribution in [0.3, 0.4) is 0 Å². The number of benzene rings is 1. The van der Waals surface area contributed by atoms with E-state index in [1.807, 2.05) is 36.5 Å². The number of aromatic hydroxyl groups is 1. The van der Waals surface area contributed by atoms with E-state index in [0.29, 0.717) is 6.61 Å². The van der Waals surface area contributed by atoms with Gasteiger partial charge in [0.25, 0.3) is 0 Å². The van der Waals surface area contributed by atoms with Gasteiger partial charge in [-0.05, 0) is 71.9 Å². The van der Waals surface area contributed by atoms with Crippen molar-refractivity contribution in [3.05, 3.63) is 83.7 Å². The van der Waals surface area contributed by atoms with Crippen LogP contribution < -0.4 is 0 Å². The van der Waals surface area contributed by atoms with Gasteiger partial charge in [-0.25, -0.2) is 0 Å². The second-order valence-corrected chi connectivity index (χ2v) is 6.85. The monoisotopic (exact) mass is 361 g/mol. The Morgan fingerprint density at radius 3 is 2.89 bits per heavy atom. The minimum atomic E-state index is 0.0975. The zero-order chi connectivity index (χ0) is 19.1. The number of hydrogen-bond acceptors (Lipinski definition) is 3. The van der Waals surface area contributed by atoms with Crippen molar-refractivity contribution < 1.29 is 9.84 Å². The van der Waals surface area contributed by atoms with Crippen LogP contribution in [0, 0.1) is 0 Å². The van der Waals surface area contributed by atoms with Crippen molar-refractivity contribution in [3.63, 3.8) is 0 Å². The highest BCUT2D eigenvalue weighted by atomic mass is 16.5. The maximum Gasteiger partial charge on any atom is 0.116 e. The molecule has 1 atom stereocenters. The van der Waals surface area contributed by atoms with Crippen molar-refractivity contribution in [1.82, 2.24) is 4.98 Å². The smallest absolute Gasteiger partial charge is 0.116 e. The van der Waals surface area contributed by atoms with Gasteiger partial charge in [0.1, 0.15) is 5.75 Å². The third-order valence-electron chi connectivity index (χ3n) is 4.79. The van der Waals surface area contributed by atoms with Crippen LogP contribution in [-0.2, 0) is 4.74 Å². The number of ether oxygens (including phenoxy) is 1. The van der Waals surface area contributed by atoms with Gasteiger partial charge in [0.2, 0.25) is 0 Å². The lowest BCUT2D eigenvalue weighted by atomic mass is 9.93. The Morgan fingerprint density at radius 1 is 1.26 bits per heavy atom. The number of phenolic OH excluding ortho intramolecular Hbond substituents is 1. The largest absolute Gasteiger partial charge is 0.508 e. The molecule has 3 heteroatoms. The number of aromatic nitrogens is 1. The molecule has 0 spiro atoms. The highest BCUT2D eigenvalue weighted by molar-refractivity contribution is 5.80. The Hall–Kier alpha value is -2.65. The lowest BCUT2D eigenvalue weighted by Crippen LogP contribution is -2.12. The first-order chi connectivity index (χ1) is 13.2. The first kappa shape index (κ1) is 19.1. The molecular formula is C24H27NO2. The van der Waals surface area contributed by atoms with Crippen molar-refractivity contribution >= 4 is 11.6 Å². The summed E-state index contributed by atoms with van der Waals surface area (Å²) in [6.07, 6.45) is 10.0. The Labute approximate surface area is 161 Å². The van der Waals surface area contributed by atoms with Gasteiger partial charge in [0.05, 0.1) is 18.4 Å². The number of pyridine rings is 1. The second-order valence-electron chi connectivity index (χ2n) is 6.85. The summed E-state index contributed by atoms with van der Waals surface area (Å²) >= 11 is 0. The Morgan fingerprint density at radius 2 is 2.15 bits per heavy atom. The standard InChI is InChI=1S/C24H27NO2/c1-3-7-18(2)22-13-15-27-24(22)12-11-20(23-10-4-5-14-25-23)16-19-8-6-9-21(26)17-19/h4-6,8-10,13-14,16-17,24,26H,2-3,7,11-12,15H2,1H3/b20-16-. The van der Waals surface area contributed by atoms with E-state index < -0.39 is 0 Å². The summed E-state index contributed by atoms with van der Waals surface area (Å²) in [5.41, 5.74) is 5.51. The highest BCUT2D eigenvalue weighted by Gasteiger charge is 2.22. The molecule has 1 unspecified atom stereocenters. The van der Waals surface area contributed by atoms with Gasteiger partial charge in [0, 0.05) is 6.20 Å². The van der Waals surface area contributed by atoms with E-state index in [1.54, 1.807) is 12.1 Å². The first-order valence-corrected chi connectivity index (χ1v) is 9.58. The minimum Gasteiger partial charge on any atom is -0.508 e. The number of allylic oxidation sites excluding steroid dienone is 1. The van der Waals surface area contributed by atoms with Crippen molar-refractivity contribution in [3.8, 4) is 5.75 Å². The zero-order valence-corrected chi connectivity index (χ0v) is 15.9. The van der Waals surface area contributed by atoms with Crippen molar-refractivity contribution in [2.45, 2.75) is 38.7 Å². The van der Waals surface area contributed by atoms with Crippen molar-refractivity contribution in [1.29, 1.82) is 0 Å². The molecule has 1 aromatic heterocycles.